The number of rotatable bonds is 6. The van der Waals surface area contributed by atoms with Gasteiger partial charge in [-0.3, -0.25) is 4.72 Å². The van der Waals surface area contributed by atoms with E-state index in [1.165, 1.54) is 19.3 Å². The first-order chi connectivity index (χ1) is 13.4. The van der Waals surface area contributed by atoms with Gasteiger partial charge in [-0.1, -0.05) is 37.5 Å². The van der Waals surface area contributed by atoms with Crippen LogP contribution in [0.1, 0.15) is 32.1 Å². The van der Waals surface area contributed by atoms with Crippen LogP contribution < -0.4 is 20.1 Å². The smallest absolute Gasteiger partial charge is 0.229 e. The SMILES string of the molecule is CS(=O)(=O)Nc1ccc(NC(=S)NC2CCCCC2)cc1Oc1ccccc1. The molecule has 6 nitrogen and oxygen atoms in total. The van der Waals surface area contributed by atoms with Crippen LogP contribution in [0.4, 0.5) is 11.4 Å². The van der Waals surface area contributed by atoms with E-state index in [1.807, 2.05) is 18.2 Å². The molecular formula is C20H25N3O3S2. The Morgan fingerprint density at radius 3 is 2.46 bits per heavy atom. The normalized spacial score (nSPS) is 14.9. The minimum Gasteiger partial charge on any atom is -0.455 e. The average molecular weight is 420 g/mol. The molecule has 0 bridgehead atoms. The lowest BCUT2D eigenvalue weighted by atomic mass is 9.96. The van der Waals surface area contributed by atoms with Gasteiger partial charge in [-0.15, -0.1) is 0 Å². The molecule has 0 saturated heterocycles. The molecule has 3 rings (SSSR count). The quantitative estimate of drug-likeness (QED) is 0.600. The lowest BCUT2D eigenvalue weighted by molar-refractivity contribution is 0.415. The van der Waals surface area contributed by atoms with Gasteiger partial charge in [0.25, 0.3) is 0 Å². The van der Waals surface area contributed by atoms with Crippen LogP contribution in [0.25, 0.3) is 0 Å². The minimum absolute atomic E-state index is 0.364. The van der Waals surface area contributed by atoms with Crippen LogP contribution in [-0.2, 0) is 10.0 Å². The summed E-state index contributed by atoms with van der Waals surface area (Å²) < 4.78 is 31.7. The monoisotopic (exact) mass is 419 g/mol. The van der Waals surface area contributed by atoms with Gasteiger partial charge in [0.05, 0.1) is 11.9 Å². The van der Waals surface area contributed by atoms with Crippen molar-refractivity contribution in [1.82, 2.24) is 5.32 Å². The van der Waals surface area contributed by atoms with Crippen LogP contribution in [-0.4, -0.2) is 25.8 Å². The maximum absolute atomic E-state index is 11.7. The fourth-order valence-corrected chi connectivity index (χ4v) is 4.04. The predicted octanol–water partition coefficient (Wildman–Crippen LogP) is 4.47. The van der Waals surface area contributed by atoms with E-state index in [9.17, 15) is 8.42 Å². The van der Waals surface area contributed by atoms with E-state index < -0.39 is 10.0 Å². The van der Waals surface area contributed by atoms with Crippen LogP contribution in [0.5, 0.6) is 11.5 Å². The van der Waals surface area contributed by atoms with Gasteiger partial charge < -0.3 is 15.4 Å². The van der Waals surface area contributed by atoms with Gasteiger partial charge in [0.2, 0.25) is 10.0 Å². The predicted molar refractivity (Wildman–Crippen MR) is 118 cm³/mol. The second-order valence-corrected chi connectivity index (χ2v) is 9.09. The zero-order valence-electron chi connectivity index (χ0n) is 15.8. The van der Waals surface area contributed by atoms with Gasteiger partial charge in [0.15, 0.2) is 10.9 Å². The van der Waals surface area contributed by atoms with E-state index in [4.69, 9.17) is 17.0 Å². The fourth-order valence-electron chi connectivity index (χ4n) is 3.18. The van der Waals surface area contributed by atoms with E-state index in [0.29, 0.717) is 28.3 Å². The van der Waals surface area contributed by atoms with Crippen LogP contribution in [0.2, 0.25) is 0 Å². The Bertz CT molecular complexity index is 912. The number of benzene rings is 2. The van der Waals surface area contributed by atoms with Gasteiger partial charge in [0.1, 0.15) is 5.75 Å². The van der Waals surface area contributed by atoms with E-state index in [1.54, 1.807) is 30.3 Å². The zero-order chi connectivity index (χ0) is 20.0. The molecule has 0 radical (unpaired) electrons. The Hall–Kier alpha value is -2.32. The highest BCUT2D eigenvalue weighted by Crippen LogP contribution is 2.33. The minimum atomic E-state index is -3.44. The first-order valence-corrected chi connectivity index (χ1v) is 11.6. The first-order valence-electron chi connectivity index (χ1n) is 9.31. The summed E-state index contributed by atoms with van der Waals surface area (Å²) in [7, 11) is -3.44. The Balaban J connectivity index is 1.76. The van der Waals surface area contributed by atoms with E-state index in [0.717, 1.165) is 24.8 Å². The molecule has 1 aliphatic carbocycles. The maximum atomic E-state index is 11.7. The summed E-state index contributed by atoms with van der Waals surface area (Å²) >= 11 is 5.44. The van der Waals surface area contributed by atoms with Crippen LogP contribution in [0.15, 0.2) is 48.5 Å². The average Bonchev–Trinajstić information content (AvgIpc) is 2.64. The van der Waals surface area contributed by atoms with Crippen molar-refractivity contribution >= 4 is 38.7 Å². The van der Waals surface area contributed by atoms with Crippen LogP contribution in [0, 0.1) is 0 Å². The number of para-hydroxylation sites is 1. The Kier molecular flexibility index (Phi) is 6.74. The maximum Gasteiger partial charge on any atom is 0.229 e. The Morgan fingerprint density at radius 1 is 1.07 bits per heavy atom. The third-order valence-electron chi connectivity index (χ3n) is 4.45. The van der Waals surface area contributed by atoms with Gasteiger partial charge in [-0.05, 0) is 49.3 Å². The molecule has 0 amide bonds. The number of hydrogen-bond acceptors (Lipinski definition) is 4. The number of hydrogen-bond donors (Lipinski definition) is 3. The highest BCUT2D eigenvalue weighted by atomic mass is 32.2. The topological polar surface area (TPSA) is 79.5 Å². The molecule has 28 heavy (non-hydrogen) atoms. The van der Waals surface area contributed by atoms with Crippen molar-refractivity contribution in [2.45, 2.75) is 38.1 Å². The molecule has 3 N–H and O–H groups in total. The molecule has 0 unspecified atom stereocenters. The van der Waals surface area contributed by atoms with Crippen molar-refractivity contribution in [3.63, 3.8) is 0 Å². The lowest BCUT2D eigenvalue weighted by Crippen LogP contribution is -2.38. The molecule has 150 valence electrons. The standard InChI is InChI=1S/C20H25N3O3S2/c1-28(24,25)23-18-13-12-16(14-19(18)26-17-10-6-3-7-11-17)22-20(27)21-15-8-4-2-5-9-15/h3,6-7,10-15,23H,2,4-5,8-9H2,1H3,(H2,21,22,27). The highest BCUT2D eigenvalue weighted by Gasteiger charge is 2.15. The fraction of sp³-hybridized carbons (Fsp3) is 0.350. The Labute approximate surface area is 171 Å². The third kappa shape index (κ3) is 6.38. The molecule has 0 atom stereocenters. The summed E-state index contributed by atoms with van der Waals surface area (Å²) in [6, 6.07) is 14.8. The summed E-state index contributed by atoms with van der Waals surface area (Å²) in [5.41, 5.74) is 1.08. The second-order valence-electron chi connectivity index (χ2n) is 6.93. The molecule has 8 heteroatoms. The summed E-state index contributed by atoms with van der Waals surface area (Å²) in [6.45, 7) is 0. The van der Waals surface area contributed by atoms with Crippen molar-refractivity contribution in [3.8, 4) is 11.5 Å². The summed E-state index contributed by atoms with van der Waals surface area (Å²) in [4.78, 5) is 0. The number of nitrogens with one attached hydrogen (secondary N) is 3. The first kappa shape index (κ1) is 20.4. The molecule has 0 heterocycles. The molecule has 1 saturated carbocycles. The molecule has 1 fully saturated rings. The largest absolute Gasteiger partial charge is 0.455 e. The van der Waals surface area contributed by atoms with Gasteiger partial charge in [0, 0.05) is 17.8 Å². The van der Waals surface area contributed by atoms with E-state index in [-0.39, 0.29) is 0 Å². The van der Waals surface area contributed by atoms with Crippen LogP contribution >= 0.6 is 12.2 Å². The summed E-state index contributed by atoms with van der Waals surface area (Å²) in [5.74, 6) is 1.00. The molecule has 1 aliphatic rings. The van der Waals surface area contributed by atoms with Crippen molar-refractivity contribution in [1.29, 1.82) is 0 Å². The number of ether oxygens (including phenoxy) is 1. The van der Waals surface area contributed by atoms with Crippen molar-refractivity contribution in [3.05, 3.63) is 48.5 Å². The van der Waals surface area contributed by atoms with Crippen molar-refractivity contribution in [2.24, 2.45) is 0 Å². The molecule has 0 spiro atoms. The molecule has 0 aromatic heterocycles. The van der Waals surface area contributed by atoms with Crippen molar-refractivity contribution < 1.29 is 13.2 Å². The highest BCUT2D eigenvalue weighted by molar-refractivity contribution is 7.92. The van der Waals surface area contributed by atoms with Gasteiger partial charge in [-0.2, -0.15) is 0 Å². The summed E-state index contributed by atoms with van der Waals surface area (Å²) in [6.07, 6.45) is 7.09. The number of anilines is 2. The second kappa shape index (κ2) is 9.25. The zero-order valence-corrected chi connectivity index (χ0v) is 17.4. The molecule has 2 aromatic carbocycles. The van der Waals surface area contributed by atoms with Crippen LogP contribution in [0.3, 0.4) is 0 Å². The number of thiocarbonyl (C=S) groups is 1. The Morgan fingerprint density at radius 2 is 1.79 bits per heavy atom. The van der Waals surface area contributed by atoms with E-state index in [2.05, 4.69) is 15.4 Å². The van der Waals surface area contributed by atoms with Gasteiger partial charge >= 0.3 is 0 Å². The van der Waals surface area contributed by atoms with Gasteiger partial charge in [-0.25, -0.2) is 8.42 Å². The molecule has 2 aromatic rings. The summed E-state index contributed by atoms with van der Waals surface area (Å²) in [5, 5.41) is 7.08. The lowest BCUT2D eigenvalue weighted by Gasteiger charge is -2.24. The number of sulfonamides is 1. The molecule has 0 aliphatic heterocycles. The molecular weight excluding hydrogens is 394 g/mol. The third-order valence-corrected chi connectivity index (χ3v) is 5.26. The van der Waals surface area contributed by atoms with E-state index >= 15 is 0 Å². The van der Waals surface area contributed by atoms with Crippen molar-refractivity contribution in [2.75, 3.05) is 16.3 Å².